The Kier molecular flexibility index (Phi) is 5.94. The van der Waals surface area contributed by atoms with E-state index in [2.05, 4.69) is 11.6 Å². The summed E-state index contributed by atoms with van der Waals surface area (Å²) in [5, 5.41) is 10.2. The van der Waals surface area contributed by atoms with Gasteiger partial charge in [-0.1, -0.05) is 48.6 Å². The zero-order valence-corrected chi connectivity index (χ0v) is 15.8. The Balaban J connectivity index is 1.90. The van der Waals surface area contributed by atoms with Crippen LogP contribution >= 0.6 is 11.8 Å². The summed E-state index contributed by atoms with van der Waals surface area (Å²) in [5.41, 5.74) is 2.66. The fraction of sp³-hybridized carbons (Fsp3) is 0.0909. The second-order valence-corrected chi connectivity index (χ2v) is 7.04. The average molecular weight is 376 g/mol. The number of carbonyl (C=O) groups is 1. The van der Waals surface area contributed by atoms with Crippen molar-refractivity contribution in [3.8, 4) is 5.75 Å². The van der Waals surface area contributed by atoms with Crippen LogP contribution in [0.15, 0.2) is 88.8 Å². The van der Waals surface area contributed by atoms with Crippen molar-refractivity contribution in [2.45, 2.75) is 6.92 Å². The highest BCUT2D eigenvalue weighted by Crippen LogP contribution is 2.34. The smallest absolute Gasteiger partial charge is 0.267 e. The van der Waals surface area contributed by atoms with Gasteiger partial charge >= 0.3 is 0 Å². The maximum atomic E-state index is 12.8. The van der Waals surface area contributed by atoms with Gasteiger partial charge in [-0.3, -0.25) is 9.69 Å². The summed E-state index contributed by atoms with van der Waals surface area (Å²) in [7, 11) is 0. The van der Waals surface area contributed by atoms with Crippen molar-refractivity contribution >= 4 is 34.6 Å². The molecule has 27 heavy (non-hydrogen) atoms. The van der Waals surface area contributed by atoms with Gasteiger partial charge in [-0.05, 0) is 48.0 Å². The molecule has 0 radical (unpaired) electrons. The first-order chi connectivity index (χ1) is 13.1. The Morgan fingerprint density at radius 3 is 2.70 bits per heavy atom. The molecule has 1 heterocycles. The molecule has 5 heteroatoms. The van der Waals surface area contributed by atoms with Gasteiger partial charge in [-0.2, -0.15) is 0 Å². The molecule has 0 bridgehead atoms. The minimum Gasteiger partial charge on any atom is -0.508 e. The van der Waals surface area contributed by atoms with E-state index in [4.69, 9.17) is 0 Å². The number of phenolic OH excluding ortho intramolecular Hbond substituents is 1. The molecule has 1 saturated heterocycles. The van der Waals surface area contributed by atoms with E-state index >= 15 is 0 Å². The summed E-state index contributed by atoms with van der Waals surface area (Å²) in [5.74, 6) is 0.0402. The maximum absolute atomic E-state index is 12.8. The largest absolute Gasteiger partial charge is 0.508 e. The molecule has 1 aliphatic rings. The number of aliphatic imine (C=N–C) groups is 1. The Morgan fingerprint density at radius 2 is 2.00 bits per heavy atom. The van der Waals surface area contributed by atoms with Crippen molar-refractivity contribution in [3.05, 3.63) is 89.4 Å². The molecule has 0 unspecified atom stereocenters. The Labute approximate surface area is 163 Å². The molecule has 4 nitrogen and oxygen atoms in total. The molecule has 2 aromatic rings. The second-order valence-electron chi connectivity index (χ2n) is 6.03. The molecular formula is C22H20N2O2S. The molecule has 1 N–H and O–H groups in total. The highest BCUT2D eigenvalue weighted by Gasteiger charge is 2.32. The number of benzene rings is 2. The number of thioether (sulfide) groups is 1. The van der Waals surface area contributed by atoms with Crippen LogP contribution in [0.4, 0.5) is 5.69 Å². The number of hydrogen-bond acceptors (Lipinski definition) is 4. The molecule has 0 atom stereocenters. The number of nitrogens with zero attached hydrogens (tertiary/aromatic N) is 2. The van der Waals surface area contributed by atoms with E-state index in [1.165, 1.54) is 11.8 Å². The SMILES string of the molecule is C=CCN1C(=O)C(=CC(C)=Cc2ccccc2)SC1=Nc1cccc(O)c1. The summed E-state index contributed by atoms with van der Waals surface area (Å²) < 4.78 is 0. The number of carbonyl (C=O) groups excluding carboxylic acids is 1. The summed E-state index contributed by atoms with van der Waals surface area (Å²) in [6, 6.07) is 16.6. The van der Waals surface area contributed by atoms with Crippen LogP contribution in [0.3, 0.4) is 0 Å². The second kappa shape index (κ2) is 8.56. The molecule has 0 aromatic heterocycles. The number of hydrogen-bond donors (Lipinski definition) is 1. The zero-order valence-electron chi connectivity index (χ0n) is 15.0. The zero-order chi connectivity index (χ0) is 19.2. The molecule has 0 saturated carbocycles. The van der Waals surface area contributed by atoms with Crippen LogP contribution in [0.5, 0.6) is 5.75 Å². The average Bonchev–Trinajstić information content (AvgIpc) is 2.91. The topological polar surface area (TPSA) is 52.9 Å². The van der Waals surface area contributed by atoms with Crippen LogP contribution in [-0.2, 0) is 4.79 Å². The number of rotatable bonds is 5. The lowest BCUT2D eigenvalue weighted by Crippen LogP contribution is -2.29. The number of amidine groups is 1. The molecule has 0 spiro atoms. The first-order valence-corrected chi connectivity index (χ1v) is 9.32. The van der Waals surface area contributed by atoms with E-state index in [9.17, 15) is 9.90 Å². The van der Waals surface area contributed by atoms with Gasteiger partial charge in [0.15, 0.2) is 5.17 Å². The Morgan fingerprint density at radius 1 is 1.22 bits per heavy atom. The molecule has 0 aliphatic carbocycles. The first kappa shape index (κ1) is 18.7. The van der Waals surface area contributed by atoms with Crippen molar-refractivity contribution in [1.82, 2.24) is 4.90 Å². The van der Waals surface area contributed by atoms with Gasteiger partial charge in [0.05, 0.1) is 10.6 Å². The maximum Gasteiger partial charge on any atom is 0.267 e. The monoisotopic (exact) mass is 376 g/mol. The van der Waals surface area contributed by atoms with Crippen LogP contribution in [0.1, 0.15) is 12.5 Å². The third kappa shape index (κ3) is 4.77. The molecule has 1 fully saturated rings. The molecule has 1 aliphatic heterocycles. The van der Waals surface area contributed by atoms with Gasteiger partial charge < -0.3 is 5.11 Å². The fourth-order valence-corrected chi connectivity index (χ4v) is 3.67. The standard InChI is InChI=1S/C22H20N2O2S/c1-3-12-24-21(26)20(14-16(2)13-17-8-5-4-6-9-17)27-22(24)23-18-10-7-11-19(25)15-18/h3-11,13-15,25H,1,12H2,2H3. The van der Waals surface area contributed by atoms with Crippen molar-refractivity contribution < 1.29 is 9.90 Å². The lowest BCUT2D eigenvalue weighted by Gasteiger charge is -2.12. The summed E-state index contributed by atoms with van der Waals surface area (Å²) >= 11 is 1.32. The third-order valence-corrected chi connectivity index (χ3v) is 4.81. The Bertz CT molecular complexity index is 946. The van der Waals surface area contributed by atoms with Crippen LogP contribution < -0.4 is 0 Å². The highest BCUT2D eigenvalue weighted by molar-refractivity contribution is 8.18. The molecular weight excluding hydrogens is 356 g/mol. The highest BCUT2D eigenvalue weighted by atomic mass is 32.2. The fourth-order valence-electron chi connectivity index (χ4n) is 2.62. The summed E-state index contributed by atoms with van der Waals surface area (Å²) in [6.45, 7) is 6.07. The van der Waals surface area contributed by atoms with Gasteiger partial charge in [-0.15, -0.1) is 6.58 Å². The normalized spacial score (nSPS) is 17.7. The molecule has 2 aromatic carbocycles. The van der Waals surface area contributed by atoms with Crippen LogP contribution in [-0.4, -0.2) is 27.6 Å². The quantitative estimate of drug-likeness (QED) is 0.581. The van der Waals surface area contributed by atoms with Crippen LogP contribution in [0.25, 0.3) is 6.08 Å². The van der Waals surface area contributed by atoms with Gasteiger partial charge in [0, 0.05) is 12.6 Å². The van der Waals surface area contributed by atoms with Gasteiger partial charge in [0.25, 0.3) is 5.91 Å². The predicted molar refractivity (Wildman–Crippen MR) is 113 cm³/mol. The lowest BCUT2D eigenvalue weighted by atomic mass is 10.1. The van der Waals surface area contributed by atoms with E-state index < -0.39 is 0 Å². The van der Waals surface area contributed by atoms with Crippen LogP contribution in [0.2, 0.25) is 0 Å². The summed E-state index contributed by atoms with van der Waals surface area (Å²) in [4.78, 5) is 19.5. The summed E-state index contributed by atoms with van der Waals surface area (Å²) in [6.07, 6.45) is 5.58. The van der Waals surface area contributed by atoms with Crippen molar-refractivity contribution in [2.24, 2.45) is 4.99 Å². The van der Waals surface area contributed by atoms with E-state index in [1.54, 1.807) is 35.2 Å². The van der Waals surface area contributed by atoms with Gasteiger partial charge in [0.2, 0.25) is 0 Å². The molecule has 1 amide bonds. The van der Waals surface area contributed by atoms with Crippen molar-refractivity contribution in [1.29, 1.82) is 0 Å². The minimum absolute atomic E-state index is 0.0976. The van der Waals surface area contributed by atoms with E-state index in [1.807, 2.05) is 49.4 Å². The molecule has 3 rings (SSSR count). The Hall–Kier alpha value is -3.05. The molecule has 136 valence electrons. The first-order valence-electron chi connectivity index (χ1n) is 8.50. The van der Waals surface area contributed by atoms with Crippen LogP contribution in [0, 0.1) is 0 Å². The third-order valence-electron chi connectivity index (χ3n) is 3.81. The number of amides is 1. The van der Waals surface area contributed by atoms with Crippen molar-refractivity contribution in [2.75, 3.05) is 6.54 Å². The number of aromatic hydroxyl groups is 1. The van der Waals surface area contributed by atoms with E-state index in [0.717, 1.165) is 11.1 Å². The van der Waals surface area contributed by atoms with Gasteiger partial charge in [0.1, 0.15) is 5.75 Å². The van der Waals surface area contributed by atoms with E-state index in [-0.39, 0.29) is 11.7 Å². The van der Waals surface area contributed by atoms with Crippen molar-refractivity contribution in [3.63, 3.8) is 0 Å². The van der Waals surface area contributed by atoms with Gasteiger partial charge in [-0.25, -0.2) is 4.99 Å². The number of phenols is 1. The number of allylic oxidation sites excluding steroid dienone is 2. The van der Waals surface area contributed by atoms with E-state index in [0.29, 0.717) is 22.3 Å². The predicted octanol–water partition coefficient (Wildman–Crippen LogP) is 5.13. The lowest BCUT2D eigenvalue weighted by molar-refractivity contribution is -0.121. The minimum atomic E-state index is -0.0976.